The van der Waals surface area contributed by atoms with Gasteiger partial charge < -0.3 is 15.5 Å². The van der Waals surface area contributed by atoms with Crippen LogP contribution >= 0.6 is 23.4 Å². The number of sulfone groups is 1. The van der Waals surface area contributed by atoms with E-state index in [1.807, 2.05) is 0 Å². The highest BCUT2D eigenvalue weighted by Crippen LogP contribution is 2.35. The second-order valence-corrected chi connectivity index (χ2v) is 11.6. The molecule has 2 aliphatic rings. The summed E-state index contributed by atoms with van der Waals surface area (Å²) in [4.78, 5) is 20.5. The third-order valence-electron chi connectivity index (χ3n) is 5.68. The summed E-state index contributed by atoms with van der Waals surface area (Å²) in [5, 5.41) is 9.48. The number of carbonyl (C=O) groups is 1. The van der Waals surface area contributed by atoms with Crippen molar-refractivity contribution in [2.24, 2.45) is 4.99 Å². The van der Waals surface area contributed by atoms with Crippen molar-refractivity contribution in [1.82, 2.24) is 15.5 Å². The summed E-state index contributed by atoms with van der Waals surface area (Å²) in [5.74, 6) is -0.503. The van der Waals surface area contributed by atoms with Crippen LogP contribution in [0.5, 0.6) is 0 Å². The van der Waals surface area contributed by atoms with Gasteiger partial charge in [-0.1, -0.05) is 35.5 Å². The zero-order valence-corrected chi connectivity index (χ0v) is 20.8. The number of amidine groups is 1. The van der Waals surface area contributed by atoms with Gasteiger partial charge in [0.1, 0.15) is 0 Å². The van der Waals surface area contributed by atoms with Crippen LogP contribution in [0, 0.1) is 0 Å². The Morgan fingerprint density at radius 3 is 2.79 bits per heavy atom. The zero-order valence-electron chi connectivity index (χ0n) is 18.4. The van der Waals surface area contributed by atoms with Crippen LogP contribution in [0.4, 0.5) is 0 Å². The maximum absolute atomic E-state index is 12.7. The van der Waals surface area contributed by atoms with Crippen molar-refractivity contribution in [1.29, 1.82) is 0 Å². The molecule has 33 heavy (non-hydrogen) atoms. The van der Waals surface area contributed by atoms with E-state index in [2.05, 4.69) is 27.4 Å². The van der Waals surface area contributed by atoms with E-state index in [0.29, 0.717) is 18.1 Å². The number of hydrogen-bond donors (Lipinski definition) is 2. The van der Waals surface area contributed by atoms with E-state index in [9.17, 15) is 13.2 Å². The Kier molecular flexibility index (Phi) is 7.63. The fraction of sp³-hybridized carbons (Fsp3) is 0.391. The van der Waals surface area contributed by atoms with Crippen LogP contribution in [0.1, 0.15) is 19.8 Å². The Bertz CT molecular complexity index is 1230. The molecule has 2 aromatic carbocycles. The molecular formula is C23H27ClN4O3S2. The summed E-state index contributed by atoms with van der Waals surface area (Å²) in [6.07, 6.45) is 1.01. The molecule has 2 heterocycles. The van der Waals surface area contributed by atoms with Gasteiger partial charge in [-0.15, -0.1) is 0 Å². The molecule has 2 N–H and O–H groups in total. The summed E-state index contributed by atoms with van der Waals surface area (Å²) < 4.78 is 25.3. The summed E-state index contributed by atoms with van der Waals surface area (Å²) in [7, 11) is -3.55. The van der Waals surface area contributed by atoms with Crippen LogP contribution in [0.2, 0.25) is 5.02 Å². The first kappa shape index (κ1) is 24.1. The number of hydrogen-bond acceptors (Lipinski definition) is 7. The SMILES string of the molecule is CC1=C(CNCCNC(=O)CCS(=O)(=O)c2ccc3cc(Cl)ccc3c2)SC2=NCCCN21. The number of thioether (sulfide) groups is 1. The number of nitrogens with zero attached hydrogens (tertiary/aromatic N) is 2. The van der Waals surface area contributed by atoms with Crippen molar-refractivity contribution in [3.63, 3.8) is 0 Å². The maximum Gasteiger partial charge on any atom is 0.221 e. The van der Waals surface area contributed by atoms with Crippen LogP contribution in [0.25, 0.3) is 10.8 Å². The lowest BCUT2D eigenvalue weighted by molar-refractivity contribution is -0.120. The van der Waals surface area contributed by atoms with Crippen molar-refractivity contribution in [2.75, 3.05) is 38.5 Å². The van der Waals surface area contributed by atoms with Gasteiger partial charge in [-0.2, -0.15) is 0 Å². The second kappa shape index (κ2) is 10.5. The van der Waals surface area contributed by atoms with Gasteiger partial charge in [-0.05, 0) is 48.4 Å². The fourth-order valence-electron chi connectivity index (χ4n) is 3.80. The molecule has 10 heteroatoms. The molecule has 0 aromatic heterocycles. The minimum absolute atomic E-state index is 0.0735. The molecule has 0 radical (unpaired) electrons. The molecule has 7 nitrogen and oxygen atoms in total. The molecule has 0 atom stereocenters. The van der Waals surface area contributed by atoms with Gasteiger partial charge in [0, 0.05) is 54.8 Å². The number of rotatable bonds is 9. The van der Waals surface area contributed by atoms with Crippen LogP contribution in [-0.2, 0) is 14.6 Å². The van der Waals surface area contributed by atoms with E-state index in [1.165, 1.54) is 10.6 Å². The first-order chi connectivity index (χ1) is 15.8. The Balaban J connectivity index is 1.19. The van der Waals surface area contributed by atoms with E-state index in [0.717, 1.165) is 42.0 Å². The summed E-state index contributed by atoms with van der Waals surface area (Å²) in [6.45, 7) is 5.80. The van der Waals surface area contributed by atoms with E-state index >= 15 is 0 Å². The van der Waals surface area contributed by atoms with Crippen molar-refractivity contribution < 1.29 is 13.2 Å². The van der Waals surface area contributed by atoms with Gasteiger partial charge in [0.05, 0.1) is 10.6 Å². The Labute approximate surface area is 203 Å². The Morgan fingerprint density at radius 1 is 1.18 bits per heavy atom. The topological polar surface area (TPSA) is 90.9 Å². The predicted molar refractivity (Wildman–Crippen MR) is 135 cm³/mol. The van der Waals surface area contributed by atoms with E-state index < -0.39 is 9.84 Å². The van der Waals surface area contributed by atoms with Gasteiger partial charge in [0.25, 0.3) is 0 Å². The normalized spacial score (nSPS) is 16.2. The minimum Gasteiger partial charge on any atom is -0.355 e. The molecular weight excluding hydrogens is 480 g/mol. The van der Waals surface area contributed by atoms with Crippen LogP contribution in [0.3, 0.4) is 0 Å². The third-order valence-corrected chi connectivity index (χ3v) is 8.85. The average molecular weight is 507 g/mol. The number of carbonyl (C=O) groups excluding carboxylic acids is 1. The smallest absolute Gasteiger partial charge is 0.221 e. The quantitative estimate of drug-likeness (QED) is 0.506. The molecule has 4 rings (SSSR count). The first-order valence-electron chi connectivity index (χ1n) is 10.9. The van der Waals surface area contributed by atoms with E-state index in [-0.39, 0.29) is 23.0 Å². The molecule has 176 valence electrons. The lowest BCUT2D eigenvalue weighted by atomic mass is 10.1. The van der Waals surface area contributed by atoms with Crippen molar-refractivity contribution in [2.45, 2.75) is 24.7 Å². The molecule has 2 aliphatic heterocycles. The van der Waals surface area contributed by atoms with Gasteiger partial charge in [0.2, 0.25) is 5.91 Å². The van der Waals surface area contributed by atoms with Crippen LogP contribution in [-0.4, -0.2) is 62.9 Å². The van der Waals surface area contributed by atoms with E-state index in [4.69, 9.17) is 11.6 Å². The number of allylic oxidation sites excluding steroid dienone is 1. The monoisotopic (exact) mass is 506 g/mol. The number of amides is 1. The zero-order chi connectivity index (χ0) is 23.4. The predicted octanol–water partition coefficient (Wildman–Crippen LogP) is 3.40. The van der Waals surface area contributed by atoms with Crippen molar-refractivity contribution in [3.8, 4) is 0 Å². The molecule has 0 unspecified atom stereocenters. The van der Waals surface area contributed by atoms with Crippen molar-refractivity contribution >= 4 is 55.0 Å². The molecule has 0 spiro atoms. The van der Waals surface area contributed by atoms with Gasteiger partial charge >= 0.3 is 0 Å². The first-order valence-corrected chi connectivity index (χ1v) is 13.8. The molecule has 0 saturated carbocycles. The molecule has 1 amide bonds. The molecule has 2 aromatic rings. The number of benzene rings is 2. The third kappa shape index (κ3) is 5.90. The van der Waals surface area contributed by atoms with E-state index in [1.54, 1.807) is 48.2 Å². The summed E-state index contributed by atoms with van der Waals surface area (Å²) in [6, 6.07) is 10.2. The van der Waals surface area contributed by atoms with Crippen molar-refractivity contribution in [3.05, 3.63) is 52.0 Å². The number of aliphatic imine (C=N–C) groups is 1. The summed E-state index contributed by atoms with van der Waals surface area (Å²) >= 11 is 7.69. The maximum atomic E-state index is 12.7. The highest BCUT2D eigenvalue weighted by molar-refractivity contribution is 8.17. The number of halogens is 1. The number of nitrogens with one attached hydrogen (secondary N) is 2. The summed E-state index contributed by atoms with van der Waals surface area (Å²) in [5.41, 5.74) is 1.25. The van der Waals surface area contributed by atoms with Gasteiger partial charge in [0.15, 0.2) is 15.0 Å². The minimum atomic E-state index is -3.55. The van der Waals surface area contributed by atoms with Gasteiger partial charge in [-0.3, -0.25) is 9.79 Å². The van der Waals surface area contributed by atoms with Gasteiger partial charge in [-0.25, -0.2) is 8.42 Å². The lowest BCUT2D eigenvalue weighted by Gasteiger charge is -2.23. The average Bonchev–Trinajstić information content (AvgIpc) is 3.12. The standard InChI is InChI=1S/C23H27ClN4O3S2/c1-16-21(32-23-27-8-2-11-28(16)23)15-25-9-10-26-22(29)7-12-33(30,31)20-6-4-17-13-19(24)5-3-18(17)14-20/h3-6,13-14,25H,2,7-12,15H2,1H3,(H,26,29). The fourth-order valence-corrected chi connectivity index (χ4v) is 6.39. The lowest BCUT2D eigenvalue weighted by Crippen LogP contribution is -2.33. The van der Waals surface area contributed by atoms with Crippen LogP contribution in [0.15, 0.2) is 56.9 Å². The number of fused-ring (bicyclic) bond motifs is 2. The molecule has 0 saturated heterocycles. The molecule has 0 bridgehead atoms. The highest BCUT2D eigenvalue weighted by Gasteiger charge is 2.27. The second-order valence-electron chi connectivity index (χ2n) is 8.03. The highest BCUT2D eigenvalue weighted by atomic mass is 35.5. The molecule has 0 aliphatic carbocycles. The Morgan fingerprint density at radius 2 is 1.97 bits per heavy atom. The molecule has 0 fully saturated rings. The van der Waals surface area contributed by atoms with Crippen LogP contribution < -0.4 is 10.6 Å². The largest absolute Gasteiger partial charge is 0.355 e. The Hall–Kier alpha value is -2.07.